The average Bonchev–Trinajstić information content (AvgIpc) is 2.25. The van der Waals surface area contributed by atoms with E-state index in [0.29, 0.717) is 5.75 Å². The monoisotopic (exact) mass is 256 g/mol. The Morgan fingerprint density at radius 1 is 1.33 bits per heavy atom. The molecule has 0 saturated carbocycles. The predicted molar refractivity (Wildman–Crippen MR) is 68.0 cm³/mol. The summed E-state index contributed by atoms with van der Waals surface area (Å²) in [6.07, 6.45) is -0.849. The lowest BCUT2D eigenvalue weighted by atomic mass is 9.94. The molecular formula is C14H21FO3. The smallest absolute Gasteiger partial charge is 0.132 e. The standard InChI is InChI=1S/C14H21FO3/c1-9(2)14(4,17)8-18-11-5-6-12(10(3)16)13(15)7-11/h5-7,9-10,16-17H,8H2,1-4H3. The Morgan fingerprint density at radius 3 is 2.39 bits per heavy atom. The van der Waals surface area contributed by atoms with Crippen LogP contribution in [-0.2, 0) is 0 Å². The molecule has 0 amide bonds. The van der Waals surface area contributed by atoms with Gasteiger partial charge in [-0.05, 0) is 31.9 Å². The lowest BCUT2D eigenvalue weighted by molar-refractivity contribution is -0.0267. The number of ether oxygens (including phenoxy) is 1. The number of rotatable bonds is 5. The van der Waals surface area contributed by atoms with Crippen LogP contribution in [0, 0.1) is 11.7 Å². The van der Waals surface area contributed by atoms with Crippen molar-refractivity contribution in [2.45, 2.75) is 39.4 Å². The molecule has 2 atom stereocenters. The number of aliphatic hydroxyl groups excluding tert-OH is 1. The largest absolute Gasteiger partial charge is 0.490 e. The first kappa shape index (κ1) is 14.9. The third kappa shape index (κ3) is 3.68. The summed E-state index contributed by atoms with van der Waals surface area (Å²) in [5.41, 5.74) is -0.725. The Balaban J connectivity index is 2.73. The SMILES string of the molecule is CC(O)c1ccc(OCC(C)(O)C(C)C)cc1F. The van der Waals surface area contributed by atoms with E-state index in [1.807, 2.05) is 13.8 Å². The second-order valence-electron chi connectivity index (χ2n) is 5.16. The molecule has 2 unspecified atom stereocenters. The van der Waals surface area contributed by atoms with Gasteiger partial charge in [0.1, 0.15) is 18.2 Å². The van der Waals surface area contributed by atoms with Crippen LogP contribution in [0.1, 0.15) is 39.4 Å². The van der Waals surface area contributed by atoms with Gasteiger partial charge in [-0.1, -0.05) is 13.8 Å². The van der Waals surface area contributed by atoms with Crippen molar-refractivity contribution in [1.29, 1.82) is 0 Å². The molecule has 1 rings (SSSR count). The van der Waals surface area contributed by atoms with Crippen LogP contribution in [0.15, 0.2) is 18.2 Å². The second kappa shape index (κ2) is 5.67. The molecule has 0 bridgehead atoms. The zero-order valence-electron chi connectivity index (χ0n) is 11.3. The molecule has 4 heteroatoms. The van der Waals surface area contributed by atoms with E-state index in [1.54, 1.807) is 13.0 Å². The number of benzene rings is 1. The molecule has 102 valence electrons. The van der Waals surface area contributed by atoms with E-state index in [9.17, 15) is 14.6 Å². The van der Waals surface area contributed by atoms with Gasteiger partial charge in [0.15, 0.2) is 0 Å². The highest BCUT2D eigenvalue weighted by molar-refractivity contribution is 5.30. The fraction of sp³-hybridized carbons (Fsp3) is 0.571. The summed E-state index contributed by atoms with van der Waals surface area (Å²) < 4.78 is 19.0. The molecule has 0 radical (unpaired) electrons. The summed E-state index contributed by atoms with van der Waals surface area (Å²) in [6, 6.07) is 4.29. The van der Waals surface area contributed by atoms with Gasteiger partial charge in [0.25, 0.3) is 0 Å². The van der Waals surface area contributed by atoms with E-state index >= 15 is 0 Å². The molecule has 1 aromatic rings. The van der Waals surface area contributed by atoms with Crippen molar-refractivity contribution >= 4 is 0 Å². The lowest BCUT2D eigenvalue weighted by Gasteiger charge is -2.27. The van der Waals surface area contributed by atoms with E-state index in [4.69, 9.17) is 4.74 Å². The lowest BCUT2D eigenvalue weighted by Crippen LogP contribution is -2.37. The van der Waals surface area contributed by atoms with Crippen molar-refractivity contribution in [2.75, 3.05) is 6.61 Å². The van der Waals surface area contributed by atoms with Crippen molar-refractivity contribution in [3.63, 3.8) is 0 Å². The predicted octanol–water partition coefficient (Wildman–Crippen LogP) is 2.66. The minimum Gasteiger partial charge on any atom is -0.490 e. The van der Waals surface area contributed by atoms with E-state index in [-0.39, 0.29) is 18.1 Å². The van der Waals surface area contributed by atoms with Crippen LogP contribution >= 0.6 is 0 Å². The molecule has 0 saturated heterocycles. The molecule has 0 spiro atoms. The summed E-state index contributed by atoms with van der Waals surface area (Å²) in [7, 11) is 0. The van der Waals surface area contributed by atoms with Gasteiger partial charge < -0.3 is 14.9 Å². The Morgan fingerprint density at radius 2 is 1.94 bits per heavy atom. The first-order valence-electron chi connectivity index (χ1n) is 6.06. The van der Waals surface area contributed by atoms with Gasteiger partial charge in [-0.25, -0.2) is 4.39 Å². The Hall–Kier alpha value is -1.13. The highest BCUT2D eigenvalue weighted by Gasteiger charge is 2.25. The van der Waals surface area contributed by atoms with Crippen LogP contribution in [0.3, 0.4) is 0 Å². The van der Waals surface area contributed by atoms with Gasteiger partial charge in [-0.2, -0.15) is 0 Å². The molecule has 2 N–H and O–H groups in total. The molecule has 3 nitrogen and oxygen atoms in total. The van der Waals surface area contributed by atoms with Crippen molar-refractivity contribution < 1.29 is 19.3 Å². The second-order valence-corrected chi connectivity index (χ2v) is 5.16. The Bertz CT molecular complexity index is 400. The molecule has 0 fully saturated rings. The third-order valence-corrected chi connectivity index (χ3v) is 3.20. The van der Waals surface area contributed by atoms with Gasteiger partial charge in [0, 0.05) is 11.6 Å². The third-order valence-electron chi connectivity index (χ3n) is 3.20. The first-order chi connectivity index (χ1) is 8.24. The van der Waals surface area contributed by atoms with Gasteiger partial charge in [-0.15, -0.1) is 0 Å². The molecule has 0 aromatic heterocycles. The number of hydrogen-bond donors (Lipinski definition) is 2. The first-order valence-corrected chi connectivity index (χ1v) is 6.06. The van der Waals surface area contributed by atoms with Crippen LogP contribution < -0.4 is 4.74 Å². The molecule has 0 aliphatic heterocycles. The number of aliphatic hydroxyl groups is 2. The van der Waals surface area contributed by atoms with Crippen LogP contribution in [0.2, 0.25) is 0 Å². The van der Waals surface area contributed by atoms with Gasteiger partial charge in [-0.3, -0.25) is 0 Å². The summed E-state index contributed by atoms with van der Waals surface area (Å²) in [6.45, 7) is 7.06. The normalized spacial score (nSPS) is 16.4. The van der Waals surface area contributed by atoms with Gasteiger partial charge in [0.05, 0.1) is 11.7 Å². The van der Waals surface area contributed by atoms with Crippen molar-refractivity contribution in [3.05, 3.63) is 29.6 Å². The van der Waals surface area contributed by atoms with Crippen LogP contribution in [0.25, 0.3) is 0 Å². The van der Waals surface area contributed by atoms with E-state index < -0.39 is 17.5 Å². The molecule has 0 heterocycles. The molecule has 18 heavy (non-hydrogen) atoms. The molecule has 1 aromatic carbocycles. The van der Waals surface area contributed by atoms with E-state index in [1.165, 1.54) is 19.1 Å². The molecule has 0 aliphatic carbocycles. The minimum absolute atomic E-state index is 0.0408. The van der Waals surface area contributed by atoms with Crippen LogP contribution in [0.4, 0.5) is 4.39 Å². The van der Waals surface area contributed by atoms with E-state index in [0.717, 1.165) is 0 Å². The Labute approximate surface area is 107 Å². The maximum absolute atomic E-state index is 13.6. The quantitative estimate of drug-likeness (QED) is 0.851. The van der Waals surface area contributed by atoms with Crippen molar-refractivity contribution in [1.82, 2.24) is 0 Å². The molecule has 0 aliphatic rings. The van der Waals surface area contributed by atoms with Gasteiger partial charge in [0.2, 0.25) is 0 Å². The Kier molecular flexibility index (Phi) is 4.71. The zero-order chi connectivity index (χ0) is 13.9. The molecular weight excluding hydrogens is 235 g/mol. The topological polar surface area (TPSA) is 49.7 Å². The maximum Gasteiger partial charge on any atom is 0.132 e. The highest BCUT2D eigenvalue weighted by atomic mass is 19.1. The summed E-state index contributed by atoms with van der Waals surface area (Å²) >= 11 is 0. The summed E-state index contributed by atoms with van der Waals surface area (Å²) in [5.74, 6) is -0.122. The summed E-state index contributed by atoms with van der Waals surface area (Å²) in [5, 5.41) is 19.3. The van der Waals surface area contributed by atoms with Gasteiger partial charge >= 0.3 is 0 Å². The maximum atomic E-state index is 13.6. The minimum atomic E-state index is -0.959. The fourth-order valence-electron chi connectivity index (χ4n) is 1.33. The van der Waals surface area contributed by atoms with E-state index in [2.05, 4.69) is 0 Å². The highest BCUT2D eigenvalue weighted by Crippen LogP contribution is 2.23. The summed E-state index contributed by atoms with van der Waals surface area (Å²) in [4.78, 5) is 0. The van der Waals surface area contributed by atoms with Crippen molar-refractivity contribution in [2.24, 2.45) is 5.92 Å². The number of halogens is 1. The average molecular weight is 256 g/mol. The number of hydrogen-bond acceptors (Lipinski definition) is 3. The van der Waals surface area contributed by atoms with Crippen molar-refractivity contribution in [3.8, 4) is 5.75 Å². The fourth-order valence-corrected chi connectivity index (χ4v) is 1.33. The van der Waals surface area contributed by atoms with Crippen LogP contribution in [0.5, 0.6) is 5.75 Å². The zero-order valence-corrected chi connectivity index (χ0v) is 11.3. The van der Waals surface area contributed by atoms with Crippen LogP contribution in [-0.4, -0.2) is 22.4 Å².